The number of methoxy groups -OCH3 is 2. The normalized spacial score (nSPS) is 15.8. The number of nitrogens with one attached hydrogen (secondary N) is 2. The van der Waals surface area contributed by atoms with Gasteiger partial charge in [0.15, 0.2) is 5.82 Å². The number of halogens is 1. The molecule has 0 saturated carbocycles. The second kappa shape index (κ2) is 9.91. The van der Waals surface area contributed by atoms with E-state index in [1.807, 2.05) is 6.07 Å². The van der Waals surface area contributed by atoms with Crippen LogP contribution < -0.4 is 25.7 Å². The first-order valence-corrected chi connectivity index (χ1v) is 10.8. The minimum atomic E-state index is -0.501. The van der Waals surface area contributed by atoms with Crippen molar-refractivity contribution in [3.05, 3.63) is 64.3 Å². The molecule has 0 bridgehead atoms. The van der Waals surface area contributed by atoms with Crippen LogP contribution in [0.3, 0.4) is 0 Å². The Bertz CT molecular complexity index is 1190. The fourth-order valence-corrected chi connectivity index (χ4v) is 3.99. The predicted octanol–water partition coefficient (Wildman–Crippen LogP) is 3.31. The molecular formula is C24H27FN4O4. The van der Waals surface area contributed by atoms with E-state index in [0.29, 0.717) is 23.7 Å². The highest BCUT2D eigenvalue weighted by atomic mass is 19.1. The quantitative estimate of drug-likeness (QED) is 0.504. The minimum Gasteiger partial charge on any atom is -0.507 e. The lowest BCUT2D eigenvalue weighted by atomic mass is 10.1. The molecule has 4 rings (SSSR count). The van der Waals surface area contributed by atoms with Gasteiger partial charge in [-0.3, -0.25) is 4.79 Å². The van der Waals surface area contributed by atoms with Crippen LogP contribution in [0.5, 0.6) is 17.2 Å². The lowest BCUT2D eigenvalue weighted by molar-refractivity contribution is 0.364. The SMILES string of the molecule is COc1ccc(CNc2nc(-c3cc(F)ccc3O)cn(C3CCCNC3)c2=O)c(OC)c1. The number of aromatic nitrogens is 2. The molecule has 2 heterocycles. The Labute approximate surface area is 191 Å². The molecule has 9 heteroatoms. The second-order valence-electron chi connectivity index (χ2n) is 7.88. The minimum absolute atomic E-state index is 0.0697. The molecule has 3 N–H and O–H groups in total. The van der Waals surface area contributed by atoms with Crippen molar-refractivity contribution < 1.29 is 19.0 Å². The molecule has 0 spiro atoms. The highest BCUT2D eigenvalue weighted by Gasteiger charge is 2.21. The van der Waals surface area contributed by atoms with Crippen LogP contribution in [-0.4, -0.2) is 42.0 Å². The van der Waals surface area contributed by atoms with E-state index in [1.54, 1.807) is 37.1 Å². The van der Waals surface area contributed by atoms with Crippen molar-refractivity contribution in [2.75, 3.05) is 32.6 Å². The summed E-state index contributed by atoms with van der Waals surface area (Å²) in [6.07, 6.45) is 3.36. The van der Waals surface area contributed by atoms with Crippen molar-refractivity contribution in [2.24, 2.45) is 0 Å². The Kier molecular flexibility index (Phi) is 6.79. The molecular weight excluding hydrogens is 427 g/mol. The first kappa shape index (κ1) is 22.6. The third-order valence-corrected chi connectivity index (χ3v) is 5.77. The Balaban J connectivity index is 1.73. The number of ether oxygens (including phenoxy) is 2. The summed E-state index contributed by atoms with van der Waals surface area (Å²) in [6, 6.07) is 9.00. The predicted molar refractivity (Wildman–Crippen MR) is 124 cm³/mol. The lowest BCUT2D eigenvalue weighted by Gasteiger charge is -2.26. The van der Waals surface area contributed by atoms with Crippen LogP contribution in [0.4, 0.5) is 10.2 Å². The van der Waals surface area contributed by atoms with Crippen LogP contribution in [-0.2, 0) is 6.54 Å². The van der Waals surface area contributed by atoms with Gasteiger partial charge >= 0.3 is 0 Å². The molecule has 0 amide bonds. The number of nitrogens with zero attached hydrogens (tertiary/aromatic N) is 2. The summed E-state index contributed by atoms with van der Waals surface area (Å²) >= 11 is 0. The van der Waals surface area contributed by atoms with Crippen LogP contribution in [0.1, 0.15) is 24.4 Å². The number of rotatable bonds is 7. The highest BCUT2D eigenvalue weighted by molar-refractivity contribution is 5.67. The second-order valence-corrected chi connectivity index (χ2v) is 7.88. The zero-order chi connectivity index (χ0) is 23.4. The van der Waals surface area contributed by atoms with Gasteiger partial charge in [-0.05, 0) is 49.7 Å². The van der Waals surface area contributed by atoms with E-state index in [1.165, 1.54) is 18.2 Å². The average Bonchev–Trinajstić information content (AvgIpc) is 2.85. The summed E-state index contributed by atoms with van der Waals surface area (Å²) < 4.78 is 26.2. The number of hydrogen-bond donors (Lipinski definition) is 3. The number of phenolic OH excluding ortho intramolecular Hbond substituents is 1. The summed E-state index contributed by atoms with van der Waals surface area (Å²) in [5.74, 6) is 0.763. The first-order chi connectivity index (χ1) is 16.0. The molecule has 0 aliphatic carbocycles. The Morgan fingerprint density at radius 1 is 1.24 bits per heavy atom. The molecule has 1 atom stereocenters. The molecule has 174 valence electrons. The molecule has 0 radical (unpaired) electrons. The number of phenols is 1. The van der Waals surface area contributed by atoms with E-state index < -0.39 is 5.82 Å². The van der Waals surface area contributed by atoms with E-state index in [4.69, 9.17) is 9.47 Å². The van der Waals surface area contributed by atoms with Crippen molar-refractivity contribution in [1.29, 1.82) is 0 Å². The molecule has 1 saturated heterocycles. The van der Waals surface area contributed by atoms with E-state index >= 15 is 0 Å². The van der Waals surface area contributed by atoms with E-state index in [0.717, 1.165) is 24.9 Å². The number of anilines is 1. The average molecular weight is 455 g/mol. The van der Waals surface area contributed by atoms with Crippen molar-refractivity contribution in [1.82, 2.24) is 14.9 Å². The summed E-state index contributed by atoms with van der Waals surface area (Å²) in [6.45, 7) is 1.82. The Morgan fingerprint density at radius 3 is 2.82 bits per heavy atom. The summed E-state index contributed by atoms with van der Waals surface area (Å²) in [5, 5.41) is 16.7. The first-order valence-electron chi connectivity index (χ1n) is 10.8. The molecule has 33 heavy (non-hydrogen) atoms. The van der Waals surface area contributed by atoms with Crippen LogP contribution in [0, 0.1) is 5.82 Å². The van der Waals surface area contributed by atoms with Gasteiger partial charge in [-0.25, -0.2) is 9.37 Å². The Hall–Kier alpha value is -3.59. The number of piperidine rings is 1. The van der Waals surface area contributed by atoms with Gasteiger partial charge in [0.2, 0.25) is 0 Å². The van der Waals surface area contributed by atoms with Crippen molar-refractivity contribution >= 4 is 5.82 Å². The van der Waals surface area contributed by atoms with Gasteiger partial charge in [0.05, 0.1) is 19.9 Å². The third-order valence-electron chi connectivity index (χ3n) is 5.77. The number of aromatic hydroxyl groups is 1. The summed E-state index contributed by atoms with van der Waals surface area (Å²) in [7, 11) is 3.14. The van der Waals surface area contributed by atoms with E-state index in [9.17, 15) is 14.3 Å². The smallest absolute Gasteiger partial charge is 0.293 e. The molecule has 2 aromatic carbocycles. The van der Waals surface area contributed by atoms with Crippen molar-refractivity contribution in [2.45, 2.75) is 25.4 Å². The molecule has 1 fully saturated rings. The zero-order valence-electron chi connectivity index (χ0n) is 18.6. The standard InChI is InChI=1S/C24H27FN4O4/c1-32-18-7-5-15(22(11-18)33-2)12-27-23-24(31)29(17-4-3-9-26-13-17)14-20(28-23)19-10-16(25)6-8-21(19)30/h5-8,10-11,14,17,26,30H,3-4,9,12-13H2,1-2H3,(H,27,28). The zero-order valence-corrected chi connectivity index (χ0v) is 18.6. The van der Waals surface area contributed by atoms with Gasteiger partial charge in [0.25, 0.3) is 5.56 Å². The maximum Gasteiger partial charge on any atom is 0.293 e. The summed E-state index contributed by atoms with van der Waals surface area (Å²) in [5.41, 5.74) is 1.05. The summed E-state index contributed by atoms with van der Waals surface area (Å²) in [4.78, 5) is 17.7. The van der Waals surface area contributed by atoms with Crippen LogP contribution in [0.15, 0.2) is 47.4 Å². The van der Waals surface area contributed by atoms with Gasteiger partial charge in [-0.15, -0.1) is 0 Å². The number of benzene rings is 2. The van der Waals surface area contributed by atoms with Gasteiger partial charge in [-0.1, -0.05) is 0 Å². The largest absolute Gasteiger partial charge is 0.507 e. The van der Waals surface area contributed by atoms with E-state index in [2.05, 4.69) is 15.6 Å². The van der Waals surface area contributed by atoms with Crippen molar-refractivity contribution in [3.63, 3.8) is 0 Å². The topological polar surface area (TPSA) is 97.6 Å². The van der Waals surface area contributed by atoms with Crippen molar-refractivity contribution in [3.8, 4) is 28.5 Å². The Morgan fingerprint density at radius 2 is 2.09 bits per heavy atom. The van der Waals surface area contributed by atoms with Gasteiger partial charge in [-0.2, -0.15) is 0 Å². The van der Waals surface area contributed by atoms with E-state index in [-0.39, 0.29) is 35.3 Å². The maximum atomic E-state index is 13.9. The fourth-order valence-electron chi connectivity index (χ4n) is 3.99. The van der Waals surface area contributed by atoms with Gasteiger partial charge < -0.3 is 29.8 Å². The maximum absolute atomic E-state index is 13.9. The highest BCUT2D eigenvalue weighted by Crippen LogP contribution is 2.30. The molecule has 1 aliphatic heterocycles. The van der Waals surface area contributed by atoms with Gasteiger partial charge in [0.1, 0.15) is 23.1 Å². The number of hydrogen-bond acceptors (Lipinski definition) is 7. The molecule has 1 aromatic heterocycles. The lowest BCUT2D eigenvalue weighted by Crippen LogP contribution is -2.37. The van der Waals surface area contributed by atoms with Crippen LogP contribution in [0.25, 0.3) is 11.3 Å². The molecule has 8 nitrogen and oxygen atoms in total. The molecule has 1 aliphatic rings. The fraction of sp³-hybridized carbons (Fsp3) is 0.333. The van der Waals surface area contributed by atoms with Crippen LogP contribution >= 0.6 is 0 Å². The third kappa shape index (κ3) is 4.93. The molecule has 3 aromatic rings. The van der Waals surface area contributed by atoms with Gasteiger partial charge in [0, 0.05) is 42.5 Å². The monoisotopic (exact) mass is 454 g/mol. The van der Waals surface area contributed by atoms with Crippen LogP contribution in [0.2, 0.25) is 0 Å². The molecule has 1 unspecified atom stereocenters.